The number of nitrogens with one attached hydrogen (secondary N) is 3. The lowest BCUT2D eigenvalue weighted by Crippen LogP contribution is -2.56. The SMILES string of the molecule is O=C1CNC(=O)C(CC2CCNCC2)N1. The Labute approximate surface area is 89.0 Å². The summed E-state index contributed by atoms with van der Waals surface area (Å²) in [7, 11) is 0. The topological polar surface area (TPSA) is 70.2 Å². The molecule has 2 saturated heterocycles. The Morgan fingerprint density at radius 2 is 1.93 bits per heavy atom. The first-order valence-corrected chi connectivity index (χ1v) is 5.53. The van der Waals surface area contributed by atoms with Gasteiger partial charge in [0.1, 0.15) is 6.04 Å². The second-order valence-electron chi connectivity index (χ2n) is 4.27. The highest BCUT2D eigenvalue weighted by Gasteiger charge is 2.28. The van der Waals surface area contributed by atoms with Gasteiger partial charge in [-0.25, -0.2) is 0 Å². The minimum atomic E-state index is -0.311. The molecule has 5 heteroatoms. The maximum Gasteiger partial charge on any atom is 0.243 e. The van der Waals surface area contributed by atoms with Crippen molar-refractivity contribution in [2.45, 2.75) is 25.3 Å². The third-order valence-corrected chi connectivity index (χ3v) is 3.10. The van der Waals surface area contributed by atoms with Crippen molar-refractivity contribution in [3.8, 4) is 0 Å². The van der Waals surface area contributed by atoms with Crippen LogP contribution in [0.2, 0.25) is 0 Å². The number of carbonyl (C=O) groups is 2. The zero-order valence-electron chi connectivity index (χ0n) is 8.71. The lowest BCUT2D eigenvalue weighted by atomic mass is 9.90. The molecule has 15 heavy (non-hydrogen) atoms. The van der Waals surface area contributed by atoms with Gasteiger partial charge in [-0.15, -0.1) is 0 Å². The van der Waals surface area contributed by atoms with Crippen molar-refractivity contribution in [3.05, 3.63) is 0 Å². The van der Waals surface area contributed by atoms with Gasteiger partial charge in [-0.05, 0) is 38.3 Å². The summed E-state index contributed by atoms with van der Waals surface area (Å²) < 4.78 is 0. The number of amides is 2. The van der Waals surface area contributed by atoms with Crippen molar-refractivity contribution in [1.82, 2.24) is 16.0 Å². The van der Waals surface area contributed by atoms with Gasteiger partial charge in [0.25, 0.3) is 0 Å². The maximum atomic E-state index is 11.5. The third-order valence-electron chi connectivity index (χ3n) is 3.10. The summed E-state index contributed by atoms with van der Waals surface area (Å²) >= 11 is 0. The first-order chi connectivity index (χ1) is 7.25. The fraction of sp³-hybridized carbons (Fsp3) is 0.800. The van der Waals surface area contributed by atoms with Gasteiger partial charge in [0.05, 0.1) is 6.54 Å². The maximum absolute atomic E-state index is 11.5. The molecule has 0 spiro atoms. The molecule has 0 bridgehead atoms. The van der Waals surface area contributed by atoms with Gasteiger partial charge in [0.15, 0.2) is 0 Å². The molecule has 0 aromatic carbocycles. The Bertz CT molecular complexity index is 261. The molecule has 2 aliphatic rings. The van der Waals surface area contributed by atoms with E-state index in [1.165, 1.54) is 0 Å². The highest BCUT2D eigenvalue weighted by molar-refractivity contribution is 5.94. The van der Waals surface area contributed by atoms with E-state index in [2.05, 4.69) is 16.0 Å². The molecule has 2 heterocycles. The van der Waals surface area contributed by atoms with Crippen LogP contribution in [0, 0.1) is 5.92 Å². The van der Waals surface area contributed by atoms with Crippen LogP contribution >= 0.6 is 0 Å². The Hall–Kier alpha value is -1.10. The quantitative estimate of drug-likeness (QED) is 0.548. The second-order valence-corrected chi connectivity index (χ2v) is 4.27. The van der Waals surface area contributed by atoms with Crippen LogP contribution in [0.3, 0.4) is 0 Å². The average Bonchev–Trinajstić information content (AvgIpc) is 2.25. The van der Waals surface area contributed by atoms with E-state index in [0.29, 0.717) is 5.92 Å². The van der Waals surface area contributed by atoms with Crippen molar-refractivity contribution in [2.24, 2.45) is 5.92 Å². The van der Waals surface area contributed by atoms with Gasteiger partial charge in [0, 0.05) is 0 Å². The molecule has 5 nitrogen and oxygen atoms in total. The first kappa shape index (κ1) is 10.4. The Morgan fingerprint density at radius 1 is 1.20 bits per heavy atom. The van der Waals surface area contributed by atoms with Crippen LogP contribution in [0.15, 0.2) is 0 Å². The predicted molar refractivity (Wildman–Crippen MR) is 55.2 cm³/mol. The number of carbonyl (C=O) groups excluding carboxylic acids is 2. The molecule has 84 valence electrons. The van der Waals surface area contributed by atoms with E-state index in [1.54, 1.807) is 0 Å². The molecule has 0 saturated carbocycles. The Morgan fingerprint density at radius 3 is 2.67 bits per heavy atom. The molecule has 0 radical (unpaired) electrons. The summed E-state index contributed by atoms with van der Waals surface area (Å²) in [5.41, 5.74) is 0. The van der Waals surface area contributed by atoms with Gasteiger partial charge < -0.3 is 16.0 Å². The molecule has 2 rings (SSSR count). The van der Waals surface area contributed by atoms with E-state index in [0.717, 1.165) is 32.4 Å². The minimum Gasteiger partial charge on any atom is -0.345 e. The number of rotatable bonds is 2. The summed E-state index contributed by atoms with van der Waals surface area (Å²) in [6.45, 7) is 2.17. The van der Waals surface area contributed by atoms with Crippen LogP contribution in [-0.4, -0.2) is 37.5 Å². The van der Waals surface area contributed by atoms with E-state index < -0.39 is 0 Å². The van der Waals surface area contributed by atoms with Gasteiger partial charge in [-0.2, -0.15) is 0 Å². The molecule has 1 atom stereocenters. The molecule has 1 unspecified atom stereocenters. The highest BCUT2D eigenvalue weighted by atomic mass is 16.2. The van der Waals surface area contributed by atoms with Crippen LogP contribution in [0.5, 0.6) is 0 Å². The largest absolute Gasteiger partial charge is 0.345 e. The van der Waals surface area contributed by atoms with Crippen molar-refractivity contribution in [3.63, 3.8) is 0 Å². The van der Waals surface area contributed by atoms with Crippen molar-refractivity contribution >= 4 is 11.8 Å². The first-order valence-electron chi connectivity index (χ1n) is 5.53. The summed E-state index contributed by atoms with van der Waals surface area (Å²) in [5.74, 6) is 0.446. The second kappa shape index (κ2) is 4.61. The molecule has 2 fully saturated rings. The minimum absolute atomic E-state index is 0.0341. The van der Waals surface area contributed by atoms with Gasteiger partial charge >= 0.3 is 0 Å². The Balaban J connectivity index is 1.85. The molecule has 2 amide bonds. The summed E-state index contributed by atoms with van der Waals surface area (Å²) in [5, 5.41) is 8.63. The molecular weight excluding hydrogens is 194 g/mol. The number of piperidine rings is 1. The summed E-state index contributed by atoms with van der Waals surface area (Å²) in [4.78, 5) is 22.6. The lowest BCUT2D eigenvalue weighted by molar-refractivity contribution is -0.134. The number of hydrogen-bond donors (Lipinski definition) is 3. The fourth-order valence-electron chi connectivity index (χ4n) is 2.22. The third kappa shape index (κ3) is 2.68. The van der Waals surface area contributed by atoms with Crippen LogP contribution < -0.4 is 16.0 Å². The zero-order valence-corrected chi connectivity index (χ0v) is 8.71. The fourth-order valence-corrected chi connectivity index (χ4v) is 2.22. The van der Waals surface area contributed by atoms with Crippen molar-refractivity contribution in [2.75, 3.05) is 19.6 Å². The van der Waals surface area contributed by atoms with Crippen LogP contribution in [0.25, 0.3) is 0 Å². The van der Waals surface area contributed by atoms with E-state index in [9.17, 15) is 9.59 Å². The predicted octanol–water partition coefficient (Wildman–Crippen LogP) is -1.01. The standard InChI is InChI=1S/C10H17N3O2/c14-9-6-12-10(15)8(13-9)5-7-1-3-11-4-2-7/h7-8,11H,1-6H2,(H,12,15)(H,13,14). The molecule has 0 aliphatic carbocycles. The molecule has 0 aromatic heterocycles. The molecule has 0 aromatic rings. The van der Waals surface area contributed by atoms with Crippen LogP contribution in [0.1, 0.15) is 19.3 Å². The van der Waals surface area contributed by atoms with Gasteiger partial charge in [-0.3, -0.25) is 9.59 Å². The molecular formula is C10H17N3O2. The normalized spacial score (nSPS) is 28.4. The van der Waals surface area contributed by atoms with Crippen LogP contribution in [0.4, 0.5) is 0 Å². The molecule has 3 N–H and O–H groups in total. The van der Waals surface area contributed by atoms with Crippen molar-refractivity contribution < 1.29 is 9.59 Å². The van der Waals surface area contributed by atoms with E-state index in [1.807, 2.05) is 0 Å². The number of piperazine rings is 1. The average molecular weight is 211 g/mol. The highest BCUT2D eigenvalue weighted by Crippen LogP contribution is 2.18. The van der Waals surface area contributed by atoms with E-state index >= 15 is 0 Å². The van der Waals surface area contributed by atoms with Crippen molar-refractivity contribution in [1.29, 1.82) is 0 Å². The summed E-state index contributed by atoms with van der Waals surface area (Å²) in [6, 6.07) is -0.311. The zero-order chi connectivity index (χ0) is 10.7. The number of hydrogen-bond acceptors (Lipinski definition) is 3. The summed E-state index contributed by atoms with van der Waals surface area (Å²) in [6.07, 6.45) is 2.97. The van der Waals surface area contributed by atoms with Gasteiger partial charge in [-0.1, -0.05) is 0 Å². The lowest BCUT2D eigenvalue weighted by Gasteiger charge is -2.29. The van der Waals surface area contributed by atoms with E-state index in [-0.39, 0.29) is 24.4 Å². The van der Waals surface area contributed by atoms with Gasteiger partial charge in [0.2, 0.25) is 11.8 Å². The smallest absolute Gasteiger partial charge is 0.243 e. The Kier molecular flexibility index (Phi) is 3.20. The van der Waals surface area contributed by atoms with Crippen LogP contribution in [-0.2, 0) is 9.59 Å². The molecule has 2 aliphatic heterocycles. The van der Waals surface area contributed by atoms with E-state index in [4.69, 9.17) is 0 Å². The monoisotopic (exact) mass is 211 g/mol.